The fourth-order valence-electron chi connectivity index (χ4n) is 5.92. The predicted molar refractivity (Wildman–Crippen MR) is 161 cm³/mol. The molecule has 9 nitrogen and oxygen atoms in total. The molecule has 1 fully saturated rings. The first-order valence-electron chi connectivity index (χ1n) is 14.2. The van der Waals surface area contributed by atoms with Crippen LogP contribution in [0.1, 0.15) is 39.5 Å². The van der Waals surface area contributed by atoms with Crippen LogP contribution in [0.3, 0.4) is 0 Å². The summed E-state index contributed by atoms with van der Waals surface area (Å²) in [7, 11) is 3.16. The van der Waals surface area contributed by atoms with E-state index in [9.17, 15) is 9.59 Å². The molecule has 42 heavy (non-hydrogen) atoms. The fourth-order valence-corrected chi connectivity index (χ4v) is 5.92. The Balaban J connectivity index is 1.46. The van der Waals surface area contributed by atoms with E-state index >= 15 is 0 Å². The molecule has 2 aromatic carbocycles. The number of methoxy groups -OCH3 is 2. The number of hydrogen-bond donors (Lipinski definition) is 1. The maximum absolute atomic E-state index is 13.8. The highest BCUT2D eigenvalue weighted by Gasteiger charge is 2.35. The quantitative estimate of drug-likeness (QED) is 0.273. The van der Waals surface area contributed by atoms with Crippen molar-refractivity contribution < 1.29 is 19.1 Å². The minimum absolute atomic E-state index is 0.158. The largest absolute Gasteiger partial charge is 0.480 e. The van der Waals surface area contributed by atoms with E-state index in [0.717, 1.165) is 36.6 Å². The van der Waals surface area contributed by atoms with Gasteiger partial charge in [-0.3, -0.25) is 9.59 Å². The van der Waals surface area contributed by atoms with Crippen molar-refractivity contribution in [3.8, 4) is 22.8 Å². The standard InChI is InChI=1S/C33H37N5O4/c1-22-30(18-27(39)16-25-20-37(14-15-41-2)21-29(25)23-10-6-4-7-11-23)38(26-12-8-5-9-13-26)36-31(22)24-17-28(32(34)40)33(42-3)35-19-24/h4-13,17,19,25,29H,14-16,18,20-21H2,1-3H3,(H2,34,40)/t25-,29+/m1/s1. The zero-order chi connectivity index (χ0) is 29.6. The molecule has 2 atom stereocenters. The number of ether oxygens (including phenoxy) is 2. The molecule has 0 saturated carbocycles. The SMILES string of the molecule is COCCN1C[C@@H](CC(=O)Cc2c(C)c(-c3cnc(OC)c(C(N)=O)c3)nn2-c2ccccc2)[C@H](c2ccccc2)C1. The van der Waals surface area contributed by atoms with Crippen molar-refractivity contribution >= 4 is 11.7 Å². The number of pyridine rings is 1. The number of nitrogens with two attached hydrogens (primary N) is 1. The molecule has 5 rings (SSSR count). The van der Waals surface area contributed by atoms with E-state index in [2.05, 4.69) is 34.1 Å². The summed E-state index contributed by atoms with van der Waals surface area (Å²) in [6, 6.07) is 21.8. The van der Waals surface area contributed by atoms with Gasteiger partial charge in [0.25, 0.3) is 5.91 Å². The first-order valence-corrected chi connectivity index (χ1v) is 14.2. The highest BCUT2D eigenvalue weighted by Crippen LogP contribution is 2.36. The molecule has 0 radical (unpaired) electrons. The molecule has 1 aliphatic rings. The molecular formula is C33H37N5O4. The first-order chi connectivity index (χ1) is 20.4. The molecule has 9 heteroatoms. The van der Waals surface area contributed by atoms with Gasteiger partial charge in [0.2, 0.25) is 5.88 Å². The lowest BCUT2D eigenvalue weighted by molar-refractivity contribution is -0.119. The van der Waals surface area contributed by atoms with Gasteiger partial charge in [0.1, 0.15) is 11.3 Å². The molecule has 3 heterocycles. The van der Waals surface area contributed by atoms with Gasteiger partial charge in [0, 0.05) is 57.3 Å². The minimum Gasteiger partial charge on any atom is -0.480 e. The van der Waals surface area contributed by atoms with Crippen molar-refractivity contribution in [1.82, 2.24) is 19.7 Å². The van der Waals surface area contributed by atoms with Crippen LogP contribution >= 0.6 is 0 Å². The van der Waals surface area contributed by atoms with E-state index < -0.39 is 5.91 Å². The van der Waals surface area contributed by atoms with Crippen molar-refractivity contribution in [2.24, 2.45) is 11.7 Å². The van der Waals surface area contributed by atoms with Crippen molar-refractivity contribution in [2.75, 3.05) is 40.5 Å². The Hall–Kier alpha value is -4.34. The molecule has 218 valence electrons. The monoisotopic (exact) mass is 567 g/mol. The highest BCUT2D eigenvalue weighted by atomic mass is 16.5. The van der Waals surface area contributed by atoms with E-state index in [4.69, 9.17) is 20.3 Å². The Kier molecular flexibility index (Phi) is 9.09. The summed E-state index contributed by atoms with van der Waals surface area (Å²) >= 11 is 0. The third-order valence-corrected chi connectivity index (χ3v) is 8.04. The smallest absolute Gasteiger partial charge is 0.254 e. The summed E-state index contributed by atoms with van der Waals surface area (Å²) in [6.45, 7) is 5.22. The number of carbonyl (C=O) groups excluding carboxylic acids is 2. The van der Waals surface area contributed by atoms with Gasteiger partial charge in [0.15, 0.2) is 0 Å². The maximum atomic E-state index is 13.8. The number of para-hydroxylation sites is 1. The van der Waals surface area contributed by atoms with Crippen molar-refractivity contribution in [3.63, 3.8) is 0 Å². The van der Waals surface area contributed by atoms with E-state index in [1.54, 1.807) is 19.4 Å². The van der Waals surface area contributed by atoms with Crippen LogP contribution in [0.15, 0.2) is 72.9 Å². The average Bonchev–Trinajstić information content (AvgIpc) is 3.56. The number of amides is 1. The molecule has 0 bridgehead atoms. The molecule has 4 aromatic rings. The third-order valence-electron chi connectivity index (χ3n) is 8.04. The third kappa shape index (κ3) is 6.27. The minimum atomic E-state index is -0.638. The molecule has 2 aromatic heterocycles. The topological polar surface area (TPSA) is 113 Å². The van der Waals surface area contributed by atoms with Gasteiger partial charge in [0.05, 0.1) is 30.8 Å². The van der Waals surface area contributed by atoms with Crippen molar-refractivity contribution in [2.45, 2.75) is 25.7 Å². The second-order valence-corrected chi connectivity index (χ2v) is 10.8. The van der Waals surface area contributed by atoms with Gasteiger partial charge in [-0.05, 0) is 42.2 Å². The Morgan fingerprint density at radius 3 is 2.40 bits per heavy atom. The van der Waals surface area contributed by atoms with Gasteiger partial charge in [-0.25, -0.2) is 9.67 Å². The summed E-state index contributed by atoms with van der Waals surface area (Å²) in [5, 5.41) is 4.91. The number of likely N-dealkylation sites (tertiary alicyclic amines) is 1. The molecule has 1 amide bonds. The Labute approximate surface area is 246 Å². The van der Waals surface area contributed by atoms with E-state index in [1.165, 1.54) is 12.7 Å². The second-order valence-electron chi connectivity index (χ2n) is 10.8. The summed E-state index contributed by atoms with van der Waals surface area (Å²) in [5.41, 5.74) is 10.8. The van der Waals surface area contributed by atoms with Gasteiger partial charge < -0.3 is 20.1 Å². The number of benzene rings is 2. The zero-order valence-corrected chi connectivity index (χ0v) is 24.3. The Morgan fingerprint density at radius 2 is 1.74 bits per heavy atom. The van der Waals surface area contributed by atoms with Crippen LogP contribution in [0.2, 0.25) is 0 Å². The van der Waals surface area contributed by atoms with Crippen LogP contribution < -0.4 is 10.5 Å². The fraction of sp³-hybridized carbons (Fsp3) is 0.333. The van der Waals surface area contributed by atoms with E-state index in [1.807, 2.05) is 48.0 Å². The predicted octanol–water partition coefficient (Wildman–Crippen LogP) is 4.21. The lowest BCUT2D eigenvalue weighted by Crippen LogP contribution is -2.25. The number of ketones is 1. The van der Waals surface area contributed by atoms with Gasteiger partial charge in [-0.2, -0.15) is 5.10 Å². The average molecular weight is 568 g/mol. The maximum Gasteiger partial charge on any atom is 0.254 e. The van der Waals surface area contributed by atoms with Gasteiger partial charge in [-0.15, -0.1) is 0 Å². The first kappa shape index (κ1) is 29.2. The van der Waals surface area contributed by atoms with Crippen LogP contribution in [0.25, 0.3) is 16.9 Å². The Bertz CT molecular complexity index is 1540. The lowest BCUT2D eigenvalue weighted by atomic mass is 9.85. The van der Waals surface area contributed by atoms with Gasteiger partial charge in [-0.1, -0.05) is 48.5 Å². The van der Waals surface area contributed by atoms with Crippen molar-refractivity contribution in [1.29, 1.82) is 0 Å². The van der Waals surface area contributed by atoms with Crippen LogP contribution in [0, 0.1) is 12.8 Å². The van der Waals surface area contributed by atoms with E-state index in [-0.39, 0.29) is 35.5 Å². The van der Waals surface area contributed by atoms with Crippen LogP contribution in [-0.2, 0) is 16.0 Å². The van der Waals surface area contributed by atoms with Crippen LogP contribution in [0.5, 0.6) is 5.88 Å². The molecule has 1 saturated heterocycles. The summed E-state index contributed by atoms with van der Waals surface area (Å²) in [6.07, 6.45) is 2.31. The molecule has 0 spiro atoms. The van der Waals surface area contributed by atoms with Gasteiger partial charge >= 0.3 is 0 Å². The summed E-state index contributed by atoms with van der Waals surface area (Å²) in [5.74, 6) is 0.160. The van der Waals surface area contributed by atoms with E-state index in [0.29, 0.717) is 24.3 Å². The van der Waals surface area contributed by atoms with Crippen LogP contribution in [0.4, 0.5) is 0 Å². The number of carbonyl (C=O) groups is 2. The molecule has 2 N–H and O–H groups in total. The second kappa shape index (κ2) is 13.1. The number of Topliss-reactive ketones (excluding diaryl/α,β-unsaturated/α-hetero) is 1. The molecule has 0 aliphatic carbocycles. The zero-order valence-electron chi connectivity index (χ0n) is 24.3. The number of nitrogens with zero attached hydrogens (tertiary/aromatic N) is 4. The number of aromatic nitrogens is 3. The summed E-state index contributed by atoms with van der Waals surface area (Å²) in [4.78, 5) is 32.6. The summed E-state index contributed by atoms with van der Waals surface area (Å²) < 4.78 is 12.4. The number of primary amides is 1. The van der Waals surface area contributed by atoms with Crippen LogP contribution in [-0.4, -0.2) is 71.8 Å². The van der Waals surface area contributed by atoms with Crippen molar-refractivity contribution in [3.05, 3.63) is 95.3 Å². The molecule has 0 unspecified atom stereocenters. The normalized spacial score (nSPS) is 16.9. The number of hydrogen-bond acceptors (Lipinski definition) is 7. The Morgan fingerprint density at radius 1 is 1.02 bits per heavy atom. The number of rotatable bonds is 12. The lowest BCUT2D eigenvalue weighted by Gasteiger charge is -2.18. The molecular weight excluding hydrogens is 530 g/mol. The highest BCUT2D eigenvalue weighted by molar-refractivity contribution is 5.96. The molecule has 1 aliphatic heterocycles.